The molecule has 0 aliphatic heterocycles. The highest BCUT2D eigenvalue weighted by Crippen LogP contribution is 2.08. The van der Waals surface area contributed by atoms with Gasteiger partial charge in [0, 0.05) is 12.2 Å². The minimum Gasteiger partial charge on any atom is -0.393 e. The van der Waals surface area contributed by atoms with E-state index in [0.717, 1.165) is 5.82 Å². The number of anilines is 1. The monoisotopic (exact) mass is 205 g/mol. The van der Waals surface area contributed by atoms with Crippen molar-refractivity contribution >= 4 is 5.82 Å². The molecule has 0 aliphatic carbocycles. The van der Waals surface area contributed by atoms with E-state index in [-0.39, 0.29) is 12.1 Å². The number of pyridine rings is 1. The van der Waals surface area contributed by atoms with Crippen LogP contribution in [0.1, 0.15) is 25.8 Å². The fourth-order valence-corrected chi connectivity index (χ4v) is 1.37. The molecule has 0 fully saturated rings. The van der Waals surface area contributed by atoms with E-state index >= 15 is 0 Å². The molecule has 1 aromatic heterocycles. The molecule has 0 aromatic carbocycles. The Kier molecular flexibility index (Phi) is 4.07. The fourth-order valence-electron chi connectivity index (χ4n) is 1.37. The molecule has 0 saturated heterocycles. The lowest BCUT2D eigenvalue weighted by Gasteiger charge is -2.15. The third-order valence-corrected chi connectivity index (χ3v) is 1.98. The Morgan fingerprint density at radius 3 is 2.73 bits per heavy atom. The van der Waals surface area contributed by atoms with Crippen molar-refractivity contribution < 1.29 is 5.11 Å². The lowest BCUT2D eigenvalue weighted by molar-refractivity contribution is 0.179. The van der Waals surface area contributed by atoms with E-state index in [0.29, 0.717) is 12.0 Å². The van der Waals surface area contributed by atoms with Crippen molar-refractivity contribution in [2.75, 3.05) is 5.32 Å². The first-order valence-corrected chi connectivity index (χ1v) is 4.92. The molecule has 0 amide bonds. The number of nitrogens with one attached hydrogen (secondary N) is 1. The molecule has 1 rings (SSSR count). The van der Waals surface area contributed by atoms with Crippen LogP contribution in [0, 0.1) is 11.3 Å². The van der Waals surface area contributed by atoms with Crippen molar-refractivity contribution in [2.45, 2.75) is 32.4 Å². The van der Waals surface area contributed by atoms with Gasteiger partial charge in [0.1, 0.15) is 11.9 Å². The van der Waals surface area contributed by atoms with Gasteiger partial charge in [-0.25, -0.2) is 4.98 Å². The molecule has 1 heterocycles. The molecule has 15 heavy (non-hydrogen) atoms. The molecule has 80 valence electrons. The molecular formula is C11H15N3O. The maximum atomic E-state index is 9.18. The number of hydrogen-bond donors (Lipinski definition) is 2. The van der Waals surface area contributed by atoms with Gasteiger partial charge in [-0.3, -0.25) is 0 Å². The Morgan fingerprint density at radius 1 is 1.53 bits per heavy atom. The van der Waals surface area contributed by atoms with Crippen molar-refractivity contribution in [1.82, 2.24) is 4.98 Å². The SMILES string of the molecule is CC(O)CC(C)Nc1ccc(C#N)cn1. The summed E-state index contributed by atoms with van der Waals surface area (Å²) < 4.78 is 0. The smallest absolute Gasteiger partial charge is 0.126 e. The van der Waals surface area contributed by atoms with Crippen LogP contribution >= 0.6 is 0 Å². The minimum atomic E-state index is -0.328. The summed E-state index contributed by atoms with van der Waals surface area (Å²) in [7, 11) is 0. The Hall–Kier alpha value is -1.60. The zero-order chi connectivity index (χ0) is 11.3. The number of aromatic nitrogens is 1. The Morgan fingerprint density at radius 2 is 2.27 bits per heavy atom. The van der Waals surface area contributed by atoms with Crippen LogP contribution in [-0.2, 0) is 0 Å². The molecule has 4 nitrogen and oxygen atoms in total. The Bertz CT molecular complexity index is 340. The Balaban J connectivity index is 2.54. The van der Waals surface area contributed by atoms with E-state index in [2.05, 4.69) is 10.3 Å². The molecular weight excluding hydrogens is 190 g/mol. The molecule has 0 bridgehead atoms. The lowest BCUT2D eigenvalue weighted by Crippen LogP contribution is -2.21. The van der Waals surface area contributed by atoms with Crippen LogP contribution in [0.15, 0.2) is 18.3 Å². The minimum absolute atomic E-state index is 0.158. The number of nitrogens with zero attached hydrogens (tertiary/aromatic N) is 2. The van der Waals surface area contributed by atoms with Crippen LogP contribution in [-0.4, -0.2) is 22.2 Å². The molecule has 4 heteroatoms. The lowest BCUT2D eigenvalue weighted by atomic mass is 10.1. The average molecular weight is 205 g/mol. The van der Waals surface area contributed by atoms with E-state index in [1.165, 1.54) is 6.20 Å². The first kappa shape index (κ1) is 11.5. The summed E-state index contributed by atoms with van der Waals surface area (Å²) in [6, 6.07) is 5.64. The quantitative estimate of drug-likeness (QED) is 0.782. The third-order valence-electron chi connectivity index (χ3n) is 1.98. The van der Waals surface area contributed by atoms with Crippen LogP contribution in [0.25, 0.3) is 0 Å². The van der Waals surface area contributed by atoms with Crippen LogP contribution in [0.3, 0.4) is 0 Å². The van der Waals surface area contributed by atoms with Gasteiger partial charge < -0.3 is 10.4 Å². The van der Waals surface area contributed by atoms with Crippen molar-refractivity contribution in [3.05, 3.63) is 23.9 Å². The molecule has 2 unspecified atom stereocenters. The predicted octanol–water partition coefficient (Wildman–Crippen LogP) is 1.52. The van der Waals surface area contributed by atoms with Crippen molar-refractivity contribution in [1.29, 1.82) is 5.26 Å². The summed E-state index contributed by atoms with van der Waals surface area (Å²) in [6.45, 7) is 3.73. The summed E-state index contributed by atoms with van der Waals surface area (Å²) in [5, 5.41) is 20.9. The van der Waals surface area contributed by atoms with Gasteiger partial charge in [-0.2, -0.15) is 5.26 Å². The molecule has 1 aromatic rings. The number of aliphatic hydroxyl groups excluding tert-OH is 1. The number of hydrogen-bond acceptors (Lipinski definition) is 4. The highest BCUT2D eigenvalue weighted by molar-refractivity contribution is 5.39. The first-order valence-electron chi connectivity index (χ1n) is 4.92. The van der Waals surface area contributed by atoms with Gasteiger partial charge in [-0.05, 0) is 32.4 Å². The standard InChI is InChI=1S/C11H15N3O/c1-8(5-9(2)15)14-11-4-3-10(6-12)7-13-11/h3-4,7-9,15H,5H2,1-2H3,(H,13,14). The van der Waals surface area contributed by atoms with Crippen molar-refractivity contribution in [3.63, 3.8) is 0 Å². The maximum absolute atomic E-state index is 9.18. The topological polar surface area (TPSA) is 68.9 Å². The van der Waals surface area contributed by atoms with Crippen LogP contribution in [0.2, 0.25) is 0 Å². The highest BCUT2D eigenvalue weighted by atomic mass is 16.3. The summed E-state index contributed by atoms with van der Waals surface area (Å²) in [6.07, 6.45) is 1.87. The molecule has 2 atom stereocenters. The highest BCUT2D eigenvalue weighted by Gasteiger charge is 2.06. The van der Waals surface area contributed by atoms with Gasteiger partial charge in [0.25, 0.3) is 0 Å². The maximum Gasteiger partial charge on any atom is 0.126 e. The number of nitriles is 1. The molecule has 0 radical (unpaired) electrons. The van der Waals surface area contributed by atoms with Crippen LogP contribution in [0.4, 0.5) is 5.82 Å². The fraction of sp³-hybridized carbons (Fsp3) is 0.455. The summed E-state index contributed by atoms with van der Waals surface area (Å²) in [5.41, 5.74) is 0.545. The molecule has 0 aliphatic rings. The molecule has 2 N–H and O–H groups in total. The second-order valence-electron chi connectivity index (χ2n) is 3.67. The van der Waals surface area contributed by atoms with Crippen molar-refractivity contribution in [3.8, 4) is 6.07 Å². The third kappa shape index (κ3) is 3.96. The molecule has 0 saturated carbocycles. The van der Waals surface area contributed by atoms with Crippen molar-refractivity contribution in [2.24, 2.45) is 0 Å². The number of aliphatic hydroxyl groups is 1. The normalized spacial score (nSPS) is 14.0. The second-order valence-corrected chi connectivity index (χ2v) is 3.67. The van der Waals surface area contributed by atoms with Gasteiger partial charge in [-0.15, -0.1) is 0 Å². The average Bonchev–Trinajstić information content (AvgIpc) is 2.17. The van der Waals surface area contributed by atoms with Gasteiger partial charge in [0.05, 0.1) is 11.7 Å². The van der Waals surface area contributed by atoms with Gasteiger partial charge >= 0.3 is 0 Å². The van der Waals surface area contributed by atoms with Gasteiger partial charge in [-0.1, -0.05) is 0 Å². The van der Waals surface area contributed by atoms with E-state index in [1.807, 2.05) is 13.0 Å². The van der Waals surface area contributed by atoms with Crippen LogP contribution < -0.4 is 5.32 Å². The summed E-state index contributed by atoms with van der Waals surface area (Å²) in [4.78, 5) is 4.08. The zero-order valence-corrected chi connectivity index (χ0v) is 8.94. The second kappa shape index (κ2) is 5.32. The van der Waals surface area contributed by atoms with Gasteiger partial charge in [0.15, 0.2) is 0 Å². The summed E-state index contributed by atoms with van der Waals surface area (Å²) >= 11 is 0. The Labute approximate surface area is 89.6 Å². The predicted molar refractivity (Wildman–Crippen MR) is 58.3 cm³/mol. The van der Waals surface area contributed by atoms with Gasteiger partial charge in [0.2, 0.25) is 0 Å². The van der Waals surface area contributed by atoms with E-state index < -0.39 is 0 Å². The molecule has 0 spiro atoms. The van der Waals surface area contributed by atoms with E-state index in [1.54, 1.807) is 19.1 Å². The van der Waals surface area contributed by atoms with E-state index in [4.69, 9.17) is 5.26 Å². The van der Waals surface area contributed by atoms with Crippen LogP contribution in [0.5, 0.6) is 0 Å². The largest absolute Gasteiger partial charge is 0.393 e. The number of rotatable bonds is 4. The van der Waals surface area contributed by atoms with E-state index in [9.17, 15) is 5.11 Å². The first-order chi connectivity index (χ1) is 7.11. The zero-order valence-electron chi connectivity index (χ0n) is 8.94. The summed E-state index contributed by atoms with van der Waals surface area (Å²) in [5.74, 6) is 0.724.